The van der Waals surface area contributed by atoms with Crippen LogP contribution in [0, 0.1) is 5.92 Å². The summed E-state index contributed by atoms with van der Waals surface area (Å²) in [7, 11) is 0. The van der Waals surface area contributed by atoms with Crippen LogP contribution in [0.25, 0.3) is 0 Å². The predicted molar refractivity (Wildman–Crippen MR) is 109 cm³/mol. The van der Waals surface area contributed by atoms with Crippen LogP contribution in [-0.2, 0) is 16.1 Å². The Bertz CT molecular complexity index is 784. The van der Waals surface area contributed by atoms with E-state index in [1.54, 1.807) is 11.7 Å². The van der Waals surface area contributed by atoms with Gasteiger partial charge in [-0.2, -0.15) is 5.90 Å². The molecule has 3 rings (SSSR count). The Morgan fingerprint density at radius 2 is 2.00 bits per heavy atom. The number of nitrogens with two attached hydrogens (primary N) is 1. The molecule has 1 aromatic heterocycles. The van der Waals surface area contributed by atoms with Crippen LogP contribution in [-0.4, -0.2) is 20.7 Å². The topological polar surface area (TPSA) is 102 Å². The summed E-state index contributed by atoms with van der Waals surface area (Å²) in [5, 5.41) is 8.86. The lowest BCUT2D eigenvalue weighted by molar-refractivity contribution is -0.129. The average Bonchev–Trinajstić information content (AvgIpc) is 3.31. The maximum Gasteiger partial charge on any atom is 0.243 e. The third-order valence-corrected chi connectivity index (χ3v) is 5.73. The molecule has 1 aliphatic carbocycles. The molecule has 0 spiro atoms. The van der Waals surface area contributed by atoms with Gasteiger partial charge in [0.2, 0.25) is 5.91 Å². The third kappa shape index (κ3) is 5.68. The maximum atomic E-state index is 11.6. The number of hydrogen-bond acceptors (Lipinski definition) is 5. The molecular formula is C22H30N4O3. The number of nitrogens with one attached hydrogen (secondary N) is 1. The van der Waals surface area contributed by atoms with E-state index >= 15 is 0 Å². The molecule has 0 aliphatic heterocycles. The number of benzene rings is 1. The van der Waals surface area contributed by atoms with Gasteiger partial charge in [0.05, 0.1) is 12.4 Å². The highest BCUT2D eigenvalue weighted by molar-refractivity contribution is 5.74. The van der Waals surface area contributed by atoms with Crippen molar-refractivity contribution in [2.24, 2.45) is 11.8 Å². The first-order valence-electron chi connectivity index (χ1n) is 10.3. The van der Waals surface area contributed by atoms with E-state index in [1.165, 1.54) is 24.8 Å². The molecule has 4 N–H and O–H groups in total. The highest BCUT2D eigenvalue weighted by atomic mass is 16.6. The van der Waals surface area contributed by atoms with Crippen molar-refractivity contribution in [3.8, 4) is 0 Å². The van der Waals surface area contributed by atoms with Crippen LogP contribution < -0.4 is 11.4 Å². The fourth-order valence-corrected chi connectivity index (χ4v) is 4.32. The minimum absolute atomic E-state index is 0.00117. The van der Waals surface area contributed by atoms with E-state index in [2.05, 4.69) is 21.7 Å². The van der Waals surface area contributed by atoms with Crippen LogP contribution in [0.2, 0.25) is 0 Å². The first-order valence-corrected chi connectivity index (χ1v) is 10.3. The molecule has 2 aromatic rings. The molecule has 156 valence electrons. The summed E-state index contributed by atoms with van der Waals surface area (Å²) in [6.45, 7) is 0. The Labute approximate surface area is 171 Å². The first kappa shape index (κ1) is 21.1. The maximum absolute atomic E-state index is 11.6. The van der Waals surface area contributed by atoms with Crippen molar-refractivity contribution in [2.45, 2.75) is 57.4 Å². The molecule has 0 saturated heterocycles. The molecule has 1 aliphatic rings. The van der Waals surface area contributed by atoms with Crippen molar-refractivity contribution in [3.63, 3.8) is 0 Å². The number of hydroxylamine groups is 1. The molecule has 7 nitrogen and oxygen atoms in total. The van der Waals surface area contributed by atoms with Crippen molar-refractivity contribution in [2.75, 3.05) is 0 Å². The lowest BCUT2D eigenvalue weighted by atomic mass is 9.78. The Kier molecular flexibility index (Phi) is 7.84. The molecule has 1 atom stereocenters. The van der Waals surface area contributed by atoms with E-state index in [0.717, 1.165) is 24.8 Å². The van der Waals surface area contributed by atoms with E-state index in [1.807, 2.05) is 30.7 Å². The van der Waals surface area contributed by atoms with Crippen LogP contribution in [0.4, 0.5) is 0 Å². The number of carbonyl (C=O) groups excluding carboxylic acids is 1. The average molecular weight is 399 g/mol. The Morgan fingerprint density at radius 1 is 1.24 bits per heavy atom. The van der Waals surface area contributed by atoms with Crippen molar-refractivity contribution < 1.29 is 14.8 Å². The largest absolute Gasteiger partial charge is 0.416 e. The van der Waals surface area contributed by atoms with Gasteiger partial charge in [0.1, 0.15) is 5.76 Å². The van der Waals surface area contributed by atoms with Gasteiger partial charge in [-0.1, -0.05) is 49.6 Å². The normalized spacial score (nSPS) is 16.8. The number of hydrogen-bond donors (Lipinski definition) is 3. The summed E-state index contributed by atoms with van der Waals surface area (Å²) in [4.78, 5) is 21.2. The second-order valence-electron chi connectivity index (χ2n) is 7.58. The minimum atomic E-state index is -0.454. The van der Waals surface area contributed by atoms with Crippen molar-refractivity contribution >= 4 is 5.91 Å². The fourth-order valence-electron chi connectivity index (χ4n) is 4.32. The van der Waals surface area contributed by atoms with E-state index < -0.39 is 5.91 Å². The number of amides is 1. The molecule has 7 heteroatoms. The second kappa shape index (κ2) is 10.8. The zero-order valence-electron chi connectivity index (χ0n) is 16.7. The minimum Gasteiger partial charge on any atom is -0.416 e. The Hall–Kier alpha value is -2.64. The van der Waals surface area contributed by atoms with Gasteiger partial charge in [-0.15, -0.1) is 0 Å². The molecular weight excluding hydrogens is 368 g/mol. The zero-order valence-corrected chi connectivity index (χ0v) is 16.7. The third-order valence-electron chi connectivity index (χ3n) is 5.73. The lowest BCUT2D eigenvalue weighted by Crippen LogP contribution is -2.25. The molecule has 1 aromatic carbocycles. The number of rotatable bonds is 9. The Balaban J connectivity index is 2.01. The molecule has 1 heterocycles. The van der Waals surface area contributed by atoms with Crippen LogP contribution in [0.3, 0.4) is 0 Å². The SMILES string of the molecule is NOC(CCC(=O)NO)=C(C1CCCCC1)C(Cc1ccccc1)n1ccnc1. The summed E-state index contributed by atoms with van der Waals surface area (Å²) in [6, 6.07) is 10.3. The van der Waals surface area contributed by atoms with Gasteiger partial charge in [0.15, 0.2) is 0 Å². The lowest BCUT2D eigenvalue weighted by Gasteiger charge is -2.32. The molecule has 0 radical (unpaired) electrons. The van der Waals surface area contributed by atoms with E-state index in [9.17, 15) is 4.79 Å². The molecule has 29 heavy (non-hydrogen) atoms. The smallest absolute Gasteiger partial charge is 0.243 e. The number of imidazole rings is 1. The van der Waals surface area contributed by atoms with E-state index in [0.29, 0.717) is 18.1 Å². The summed E-state index contributed by atoms with van der Waals surface area (Å²) >= 11 is 0. The summed E-state index contributed by atoms with van der Waals surface area (Å²) in [5.41, 5.74) is 4.04. The fraction of sp³-hybridized carbons (Fsp3) is 0.455. The molecule has 1 fully saturated rings. The van der Waals surface area contributed by atoms with Crippen LogP contribution in [0.1, 0.15) is 56.6 Å². The highest BCUT2D eigenvalue weighted by Crippen LogP contribution is 2.40. The number of aromatic nitrogens is 2. The number of allylic oxidation sites excluding steroid dienone is 2. The van der Waals surface area contributed by atoms with Gasteiger partial charge >= 0.3 is 0 Å². The van der Waals surface area contributed by atoms with Gasteiger partial charge < -0.3 is 9.40 Å². The summed E-state index contributed by atoms with van der Waals surface area (Å²) < 4.78 is 2.10. The summed E-state index contributed by atoms with van der Waals surface area (Å²) in [6.07, 6.45) is 12.5. The second-order valence-corrected chi connectivity index (χ2v) is 7.58. The van der Waals surface area contributed by atoms with Gasteiger partial charge in [0.25, 0.3) is 0 Å². The number of nitrogens with zero attached hydrogens (tertiary/aromatic N) is 2. The molecule has 0 bridgehead atoms. The quantitative estimate of drug-likeness (QED) is 0.340. The van der Waals surface area contributed by atoms with Gasteiger partial charge in [0, 0.05) is 25.2 Å². The van der Waals surface area contributed by atoms with E-state index in [4.69, 9.17) is 15.9 Å². The van der Waals surface area contributed by atoms with Crippen LogP contribution in [0.15, 0.2) is 60.4 Å². The summed E-state index contributed by atoms with van der Waals surface area (Å²) in [5.74, 6) is 6.24. The Morgan fingerprint density at radius 3 is 2.62 bits per heavy atom. The van der Waals surface area contributed by atoms with E-state index in [-0.39, 0.29) is 12.5 Å². The zero-order chi connectivity index (χ0) is 20.5. The highest BCUT2D eigenvalue weighted by Gasteiger charge is 2.30. The monoisotopic (exact) mass is 398 g/mol. The molecule has 1 amide bonds. The van der Waals surface area contributed by atoms with Gasteiger partial charge in [-0.25, -0.2) is 10.5 Å². The van der Waals surface area contributed by atoms with Crippen molar-refractivity contribution in [1.82, 2.24) is 15.0 Å². The standard InChI is InChI=1S/C22H30N4O3/c23-29-20(11-12-21(27)25-28)22(18-9-5-2-6-10-18)19(26-14-13-24-16-26)15-17-7-3-1-4-8-17/h1,3-4,7-8,13-14,16,18-19,28H,2,5-6,9-12,15,23H2,(H,25,27). The van der Waals surface area contributed by atoms with Gasteiger partial charge in [-0.3, -0.25) is 10.0 Å². The first-order chi connectivity index (χ1) is 14.2. The predicted octanol–water partition coefficient (Wildman–Crippen LogP) is 3.68. The van der Waals surface area contributed by atoms with Crippen molar-refractivity contribution in [3.05, 3.63) is 65.9 Å². The van der Waals surface area contributed by atoms with Gasteiger partial charge in [-0.05, 0) is 36.3 Å². The molecule has 1 unspecified atom stereocenters. The number of carbonyl (C=O) groups is 1. The molecule has 1 saturated carbocycles. The van der Waals surface area contributed by atoms with Crippen LogP contribution >= 0.6 is 0 Å². The van der Waals surface area contributed by atoms with Crippen molar-refractivity contribution in [1.29, 1.82) is 0 Å². The van der Waals surface area contributed by atoms with Crippen LogP contribution in [0.5, 0.6) is 0 Å².